The molecule has 3 aromatic rings. The monoisotopic (exact) mass is 244 g/mol. The Morgan fingerprint density at radius 1 is 1.35 bits per heavy atom. The van der Waals surface area contributed by atoms with Crippen molar-refractivity contribution in [2.75, 3.05) is 5.32 Å². The number of anilines is 1. The highest BCUT2D eigenvalue weighted by Crippen LogP contribution is 2.19. The maximum absolute atomic E-state index is 12.0. The summed E-state index contributed by atoms with van der Waals surface area (Å²) in [5.74, 6) is -0.174. The summed E-state index contributed by atoms with van der Waals surface area (Å²) in [7, 11) is 0. The molecule has 0 fully saturated rings. The Morgan fingerprint density at radius 2 is 2.29 bits per heavy atom. The Labute approximate surface area is 101 Å². The molecule has 0 aliphatic carbocycles. The zero-order chi connectivity index (χ0) is 11.7. The van der Waals surface area contributed by atoms with Crippen LogP contribution in [-0.4, -0.2) is 21.1 Å². The smallest absolute Gasteiger partial charge is 0.258 e. The number of carbonyl (C=O) groups excluding carboxylic acids is 1. The topological polar surface area (TPSA) is 70.7 Å². The van der Waals surface area contributed by atoms with E-state index in [9.17, 15) is 4.79 Å². The molecule has 2 aromatic heterocycles. The zero-order valence-corrected chi connectivity index (χ0v) is 9.49. The number of hydrogen-bond donors (Lipinski definition) is 2. The third-order valence-corrected chi connectivity index (χ3v) is 3.03. The van der Waals surface area contributed by atoms with Gasteiger partial charge < -0.3 is 4.98 Å². The van der Waals surface area contributed by atoms with Gasteiger partial charge in [0.2, 0.25) is 5.13 Å². The van der Waals surface area contributed by atoms with Crippen LogP contribution in [0.4, 0.5) is 5.13 Å². The average molecular weight is 244 g/mol. The normalized spacial score (nSPS) is 10.6. The van der Waals surface area contributed by atoms with Crippen LogP contribution in [0.1, 0.15) is 10.4 Å². The summed E-state index contributed by atoms with van der Waals surface area (Å²) in [4.78, 5) is 15.1. The molecule has 3 rings (SSSR count). The first kappa shape index (κ1) is 9.98. The lowest BCUT2D eigenvalue weighted by molar-refractivity contribution is 0.102. The third kappa shape index (κ3) is 1.78. The Balaban J connectivity index is 1.98. The second-order valence-electron chi connectivity index (χ2n) is 3.44. The minimum Gasteiger partial charge on any atom is -0.361 e. The van der Waals surface area contributed by atoms with Crippen molar-refractivity contribution < 1.29 is 4.79 Å². The second-order valence-corrected chi connectivity index (χ2v) is 4.28. The summed E-state index contributed by atoms with van der Waals surface area (Å²) in [6, 6.07) is 7.43. The van der Waals surface area contributed by atoms with Gasteiger partial charge in [0, 0.05) is 22.7 Å². The van der Waals surface area contributed by atoms with E-state index in [0.717, 1.165) is 10.9 Å². The number of fused-ring (bicyclic) bond motifs is 1. The predicted octanol–water partition coefficient (Wildman–Crippen LogP) is 2.27. The molecular weight excluding hydrogens is 236 g/mol. The van der Waals surface area contributed by atoms with Crippen LogP contribution in [0.25, 0.3) is 10.9 Å². The average Bonchev–Trinajstić information content (AvgIpc) is 2.97. The van der Waals surface area contributed by atoms with Crippen molar-refractivity contribution in [1.29, 1.82) is 0 Å². The summed E-state index contributed by atoms with van der Waals surface area (Å²) >= 11 is 1.29. The van der Waals surface area contributed by atoms with Crippen molar-refractivity contribution in [3.05, 3.63) is 41.5 Å². The van der Waals surface area contributed by atoms with E-state index in [4.69, 9.17) is 0 Å². The number of benzene rings is 1. The van der Waals surface area contributed by atoms with Gasteiger partial charge in [-0.2, -0.15) is 0 Å². The number of hydrogen-bond acceptors (Lipinski definition) is 4. The van der Waals surface area contributed by atoms with Crippen LogP contribution in [0.2, 0.25) is 0 Å². The summed E-state index contributed by atoms with van der Waals surface area (Å²) in [5, 5.41) is 11.6. The molecule has 2 heterocycles. The maximum atomic E-state index is 12.0. The number of H-pyrrole nitrogens is 1. The number of amides is 1. The number of nitrogens with zero attached hydrogens (tertiary/aromatic N) is 2. The van der Waals surface area contributed by atoms with Gasteiger partial charge in [-0.05, 0) is 18.2 Å². The molecule has 0 aliphatic heterocycles. The minimum atomic E-state index is -0.174. The van der Waals surface area contributed by atoms with Gasteiger partial charge >= 0.3 is 0 Å². The fourth-order valence-corrected chi connectivity index (χ4v) is 2.12. The molecule has 1 aromatic carbocycles. The first-order valence-electron chi connectivity index (χ1n) is 4.98. The molecule has 0 atom stereocenters. The van der Waals surface area contributed by atoms with Crippen molar-refractivity contribution in [3.63, 3.8) is 0 Å². The summed E-state index contributed by atoms with van der Waals surface area (Å²) in [6.07, 6.45) is 1.81. The lowest BCUT2D eigenvalue weighted by Gasteiger charge is -2.02. The van der Waals surface area contributed by atoms with Crippen molar-refractivity contribution >= 4 is 33.3 Å². The van der Waals surface area contributed by atoms with Crippen LogP contribution in [0.15, 0.2) is 36.0 Å². The number of nitrogens with one attached hydrogen (secondary N) is 2. The maximum Gasteiger partial charge on any atom is 0.258 e. The zero-order valence-electron chi connectivity index (χ0n) is 8.68. The summed E-state index contributed by atoms with van der Waals surface area (Å²) in [5.41, 5.74) is 3.14. The SMILES string of the molecule is O=C(Nc1nncs1)c1cccc2[nH]ccc12. The van der Waals surface area contributed by atoms with E-state index in [-0.39, 0.29) is 5.91 Å². The van der Waals surface area contributed by atoms with E-state index >= 15 is 0 Å². The molecule has 1 amide bonds. The molecule has 17 heavy (non-hydrogen) atoms. The van der Waals surface area contributed by atoms with Crippen LogP contribution in [0, 0.1) is 0 Å². The highest BCUT2D eigenvalue weighted by atomic mass is 32.1. The molecular formula is C11H8N4OS. The van der Waals surface area contributed by atoms with Gasteiger partial charge in [-0.15, -0.1) is 10.2 Å². The van der Waals surface area contributed by atoms with E-state index in [1.165, 1.54) is 11.3 Å². The molecule has 0 radical (unpaired) electrons. The van der Waals surface area contributed by atoms with Crippen LogP contribution in [-0.2, 0) is 0 Å². The largest absolute Gasteiger partial charge is 0.361 e. The van der Waals surface area contributed by atoms with Crippen molar-refractivity contribution in [2.24, 2.45) is 0 Å². The first-order chi connectivity index (χ1) is 8.34. The van der Waals surface area contributed by atoms with Gasteiger partial charge in [0.25, 0.3) is 5.91 Å². The molecule has 0 saturated heterocycles. The molecule has 2 N–H and O–H groups in total. The highest BCUT2D eigenvalue weighted by molar-refractivity contribution is 7.13. The summed E-state index contributed by atoms with van der Waals surface area (Å²) in [6.45, 7) is 0. The number of carbonyl (C=O) groups is 1. The van der Waals surface area contributed by atoms with Crippen molar-refractivity contribution in [2.45, 2.75) is 0 Å². The predicted molar refractivity (Wildman–Crippen MR) is 66.2 cm³/mol. The number of aromatic amines is 1. The van der Waals surface area contributed by atoms with Crippen LogP contribution >= 0.6 is 11.3 Å². The lowest BCUT2D eigenvalue weighted by Crippen LogP contribution is -2.11. The number of rotatable bonds is 2. The van der Waals surface area contributed by atoms with Gasteiger partial charge in [-0.25, -0.2) is 0 Å². The first-order valence-corrected chi connectivity index (χ1v) is 5.86. The van der Waals surface area contributed by atoms with Gasteiger partial charge in [0.05, 0.1) is 0 Å². The molecule has 0 aliphatic rings. The Kier molecular flexibility index (Phi) is 2.34. The van der Waals surface area contributed by atoms with E-state index in [1.807, 2.05) is 24.4 Å². The van der Waals surface area contributed by atoms with Crippen LogP contribution in [0.3, 0.4) is 0 Å². The summed E-state index contributed by atoms with van der Waals surface area (Å²) < 4.78 is 0. The Bertz CT molecular complexity index is 659. The highest BCUT2D eigenvalue weighted by Gasteiger charge is 2.11. The molecule has 0 bridgehead atoms. The van der Waals surface area contributed by atoms with E-state index in [0.29, 0.717) is 10.7 Å². The van der Waals surface area contributed by atoms with E-state index in [1.54, 1.807) is 11.6 Å². The fourth-order valence-electron chi connectivity index (χ4n) is 1.68. The van der Waals surface area contributed by atoms with Crippen molar-refractivity contribution in [1.82, 2.24) is 15.2 Å². The molecule has 5 nitrogen and oxygen atoms in total. The fraction of sp³-hybridized carbons (Fsp3) is 0. The molecule has 0 spiro atoms. The molecule has 0 unspecified atom stereocenters. The molecule has 84 valence electrons. The lowest BCUT2D eigenvalue weighted by atomic mass is 10.1. The van der Waals surface area contributed by atoms with Crippen molar-refractivity contribution in [3.8, 4) is 0 Å². The van der Waals surface area contributed by atoms with Gasteiger partial charge in [0.1, 0.15) is 5.51 Å². The minimum absolute atomic E-state index is 0.174. The molecule has 6 heteroatoms. The van der Waals surface area contributed by atoms with Gasteiger partial charge in [0.15, 0.2) is 0 Å². The van der Waals surface area contributed by atoms with Gasteiger partial charge in [-0.1, -0.05) is 17.4 Å². The second kappa shape index (κ2) is 3.99. The number of aromatic nitrogens is 3. The van der Waals surface area contributed by atoms with Gasteiger partial charge in [-0.3, -0.25) is 10.1 Å². The third-order valence-electron chi connectivity index (χ3n) is 2.42. The van der Waals surface area contributed by atoms with E-state index in [2.05, 4.69) is 20.5 Å². The van der Waals surface area contributed by atoms with E-state index < -0.39 is 0 Å². The Hall–Kier alpha value is -2.21. The quantitative estimate of drug-likeness (QED) is 0.726. The standard InChI is InChI=1S/C11H8N4OS/c16-10(14-11-15-13-6-17-11)8-2-1-3-9-7(8)4-5-12-9/h1-6,12H,(H,14,15,16). The van der Waals surface area contributed by atoms with Crippen LogP contribution < -0.4 is 5.32 Å². The Morgan fingerprint density at radius 3 is 3.12 bits per heavy atom. The molecule has 0 saturated carbocycles. The van der Waals surface area contributed by atoms with Crippen LogP contribution in [0.5, 0.6) is 0 Å².